The van der Waals surface area contributed by atoms with Crippen LogP contribution in [0.2, 0.25) is 0 Å². The van der Waals surface area contributed by atoms with Gasteiger partial charge in [0.15, 0.2) is 0 Å². The molecule has 0 bridgehead atoms. The highest BCUT2D eigenvalue weighted by Gasteiger charge is 2.03. The molecule has 3 aromatic rings. The number of pyridine rings is 2. The molecule has 0 aliphatic heterocycles. The number of nitrogens with zero attached hydrogens (tertiary/aromatic N) is 3. The smallest absolute Gasteiger partial charge is 0.137 e. The van der Waals surface area contributed by atoms with Gasteiger partial charge in [0.1, 0.15) is 5.82 Å². The van der Waals surface area contributed by atoms with Crippen molar-refractivity contribution < 1.29 is 0 Å². The van der Waals surface area contributed by atoms with E-state index in [4.69, 9.17) is 0 Å². The van der Waals surface area contributed by atoms with Gasteiger partial charge in [-0.2, -0.15) is 0 Å². The van der Waals surface area contributed by atoms with E-state index in [1.54, 1.807) is 6.20 Å². The lowest BCUT2D eigenvalue weighted by atomic mass is 10.3. The van der Waals surface area contributed by atoms with Crippen molar-refractivity contribution in [1.82, 2.24) is 14.5 Å². The Kier molecular flexibility index (Phi) is 2.36. The van der Waals surface area contributed by atoms with Crippen molar-refractivity contribution in [2.75, 3.05) is 0 Å². The van der Waals surface area contributed by atoms with E-state index in [0.717, 1.165) is 14.9 Å². The topological polar surface area (TPSA) is 30.7 Å². The molecule has 3 nitrogen and oxygen atoms in total. The Labute approximate surface area is 106 Å². The van der Waals surface area contributed by atoms with Crippen LogP contribution in [0.25, 0.3) is 16.7 Å². The summed E-state index contributed by atoms with van der Waals surface area (Å²) in [5, 5.41) is 1.18. The van der Waals surface area contributed by atoms with Crippen LogP contribution in [-0.2, 0) is 0 Å². The number of rotatable bonds is 1. The molecule has 4 heteroatoms. The van der Waals surface area contributed by atoms with E-state index < -0.39 is 0 Å². The standard InChI is InChI=1S/C12H8IN3/c13-10-1-2-12(15-7-10)16-6-4-9-3-5-14-8-11(9)16/h1-8H/i13-2. The first-order valence-corrected chi connectivity index (χ1v) is 5.95. The predicted molar refractivity (Wildman–Crippen MR) is 71.6 cm³/mol. The van der Waals surface area contributed by atoms with Gasteiger partial charge >= 0.3 is 0 Å². The number of hydrogen-bond donors (Lipinski definition) is 0. The van der Waals surface area contributed by atoms with E-state index in [1.165, 1.54) is 5.39 Å². The largest absolute Gasteiger partial charge is 0.300 e. The minimum Gasteiger partial charge on any atom is -0.300 e. The van der Waals surface area contributed by atoms with Crippen molar-refractivity contribution >= 4 is 33.5 Å². The molecule has 0 spiro atoms. The molecule has 0 saturated heterocycles. The van der Waals surface area contributed by atoms with Gasteiger partial charge in [-0.05, 0) is 46.9 Å². The van der Waals surface area contributed by atoms with E-state index >= 15 is 0 Å². The summed E-state index contributed by atoms with van der Waals surface area (Å²) >= 11 is 2.25. The van der Waals surface area contributed by atoms with Crippen molar-refractivity contribution in [3.63, 3.8) is 0 Å². The summed E-state index contributed by atoms with van der Waals surface area (Å²) < 4.78 is 3.18. The lowest BCUT2D eigenvalue weighted by molar-refractivity contribution is 1.04. The van der Waals surface area contributed by atoms with Gasteiger partial charge in [-0.3, -0.25) is 9.55 Å². The molecule has 16 heavy (non-hydrogen) atoms. The summed E-state index contributed by atoms with van der Waals surface area (Å²) in [4.78, 5) is 8.54. The quantitative estimate of drug-likeness (QED) is 0.646. The summed E-state index contributed by atoms with van der Waals surface area (Å²) in [5.41, 5.74) is 1.08. The third kappa shape index (κ3) is 1.59. The molecule has 3 heterocycles. The SMILES string of the molecule is [125I]c1ccc(-n2ccc3ccncc32)nc1. The molecule has 0 radical (unpaired) electrons. The van der Waals surface area contributed by atoms with E-state index in [1.807, 2.05) is 41.4 Å². The molecular weight excluding hydrogens is 311 g/mol. The molecular formula is C12H8IN3. The Bertz CT molecular complexity index is 628. The van der Waals surface area contributed by atoms with Crippen LogP contribution in [0.3, 0.4) is 0 Å². The summed E-state index contributed by atoms with van der Waals surface area (Å²) in [6.45, 7) is 0. The minimum atomic E-state index is 0.920. The number of halogens is 1. The van der Waals surface area contributed by atoms with Crippen molar-refractivity contribution in [2.24, 2.45) is 0 Å². The molecule has 0 atom stereocenters. The summed E-state index contributed by atoms with van der Waals surface area (Å²) in [7, 11) is 0. The second kappa shape index (κ2) is 3.86. The predicted octanol–water partition coefficient (Wildman–Crippen LogP) is 3.03. The molecule has 0 saturated carbocycles. The van der Waals surface area contributed by atoms with Crippen molar-refractivity contribution in [2.45, 2.75) is 0 Å². The highest BCUT2D eigenvalue weighted by molar-refractivity contribution is 14.1. The van der Waals surface area contributed by atoms with Crippen molar-refractivity contribution in [1.29, 1.82) is 0 Å². The molecule has 0 unspecified atom stereocenters. The fraction of sp³-hybridized carbons (Fsp3) is 0. The van der Waals surface area contributed by atoms with Gasteiger partial charge in [-0.25, -0.2) is 4.98 Å². The Balaban J connectivity index is 2.22. The monoisotopic (exact) mass is 319 g/mol. The molecule has 0 amide bonds. The fourth-order valence-electron chi connectivity index (χ4n) is 1.68. The second-order valence-electron chi connectivity index (χ2n) is 3.45. The second-order valence-corrected chi connectivity index (χ2v) is 4.70. The van der Waals surface area contributed by atoms with Crippen LogP contribution in [0.1, 0.15) is 0 Å². The number of hydrogen-bond acceptors (Lipinski definition) is 2. The zero-order chi connectivity index (χ0) is 11.0. The maximum absolute atomic E-state index is 4.40. The van der Waals surface area contributed by atoms with Gasteiger partial charge in [0.05, 0.1) is 11.7 Å². The van der Waals surface area contributed by atoms with Crippen LogP contribution < -0.4 is 0 Å². The van der Waals surface area contributed by atoms with Gasteiger partial charge in [-0.15, -0.1) is 0 Å². The highest BCUT2D eigenvalue weighted by Crippen LogP contribution is 2.18. The lowest BCUT2D eigenvalue weighted by Crippen LogP contribution is -1.95. The van der Waals surface area contributed by atoms with Crippen molar-refractivity contribution in [3.05, 3.63) is 52.6 Å². The summed E-state index contributed by atoms with van der Waals surface area (Å²) in [6, 6.07) is 8.12. The summed E-state index contributed by atoms with van der Waals surface area (Å²) in [6.07, 6.45) is 7.53. The Morgan fingerprint density at radius 1 is 1.06 bits per heavy atom. The average molecular weight is 319 g/mol. The number of aromatic nitrogens is 3. The molecule has 0 N–H and O–H groups in total. The van der Waals surface area contributed by atoms with E-state index in [2.05, 4.69) is 38.6 Å². The van der Waals surface area contributed by atoms with E-state index in [0.29, 0.717) is 0 Å². The molecule has 0 aliphatic carbocycles. The van der Waals surface area contributed by atoms with Gasteiger partial charge in [-0.1, -0.05) is 0 Å². The van der Waals surface area contributed by atoms with Crippen LogP contribution in [-0.4, -0.2) is 14.5 Å². The van der Waals surface area contributed by atoms with Crippen LogP contribution in [0.4, 0.5) is 0 Å². The molecule has 0 fully saturated rings. The molecule has 78 valence electrons. The first kappa shape index (κ1) is 9.77. The highest BCUT2D eigenvalue weighted by atomic mass is 125. The maximum atomic E-state index is 4.40. The van der Waals surface area contributed by atoms with E-state index in [9.17, 15) is 0 Å². The van der Waals surface area contributed by atoms with Crippen molar-refractivity contribution in [3.8, 4) is 5.82 Å². The normalized spacial score (nSPS) is 10.8. The van der Waals surface area contributed by atoms with Crippen LogP contribution in [0, 0.1) is 3.57 Å². The first-order chi connectivity index (χ1) is 7.84. The fourth-order valence-corrected chi connectivity index (χ4v) is 2.00. The Morgan fingerprint density at radius 2 is 2.00 bits per heavy atom. The average Bonchev–Trinajstić information content (AvgIpc) is 2.74. The molecule has 3 aromatic heterocycles. The third-order valence-corrected chi connectivity index (χ3v) is 3.09. The number of fused-ring (bicyclic) bond motifs is 1. The van der Waals surface area contributed by atoms with Gasteiger partial charge in [0, 0.05) is 27.5 Å². The van der Waals surface area contributed by atoms with Gasteiger partial charge in [0.2, 0.25) is 0 Å². The minimum absolute atomic E-state index is 0.920. The Hall–Kier alpha value is -1.43. The molecule has 0 aromatic carbocycles. The summed E-state index contributed by atoms with van der Waals surface area (Å²) in [5.74, 6) is 0.920. The Morgan fingerprint density at radius 3 is 2.81 bits per heavy atom. The van der Waals surface area contributed by atoms with Crippen LogP contribution in [0.5, 0.6) is 0 Å². The van der Waals surface area contributed by atoms with Gasteiger partial charge < -0.3 is 0 Å². The first-order valence-electron chi connectivity index (χ1n) is 4.87. The van der Waals surface area contributed by atoms with Crippen LogP contribution >= 0.6 is 22.6 Å². The zero-order valence-electron chi connectivity index (χ0n) is 8.34. The molecule has 0 aliphatic rings. The third-order valence-electron chi connectivity index (χ3n) is 2.45. The van der Waals surface area contributed by atoms with Crippen LogP contribution in [0.15, 0.2) is 49.1 Å². The zero-order valence-corrected chi connectivity index (χ0v) is 10.5. The molecule has 3 rings (SSSR count). The lowest BCUT2D eigenvalue weighted by Gasteiger charge is -2.03. The van der Waals surface area contributed by atoms with Gasteiger partial charge in [0.25, 0.3) is 0 Å². The van der Waals surface area contributed by atoms with E-state index in [-0.39, 0.29) is 0 Å². The maximum Gasteiger partial charge on any atom is 0.137 e.